The fraction of sp³-hybridized carbons (Fsp3) is 0.471. The van der Waals surface area contributed by atoms with E-state index in [2.05, 4.69) is 4.74 Å². The molecule has 2 rings (SSSR count). The molecule has 2 nitrogen and oxygen atoms in total. The smallest absolute Gasteiger partial charge is 0.442 e. The van der Waals surface area contributed by atoms with Gasteiger partial charge in [-0.05, 0) is 24.3 Å². The van der Waals surface area contributed by atoms with E-state index in [-0.39, 0.29) is 6.08 Å². The molecule has 1 aliphatic carbocycles. The van der Waals surface area contributed by atoms with E-state index in [4.69, 9.17) is 0 Å². The topological polar surface area (TPSA) is 26.3 Å². The number of hydrogen-bond donors (Lipinski definition) is 0. The van der Waals surface area contributed by atoms with Gasteiger partial charge in [0.2, 0.25) is 0 Å². The van der Waals surface area contributed by atoms with Crippen LogP contribution in [0.5, 0.6) is 0 Å². The van der Waals surface area contributed by atoms with Crippen molar-refractivity contribution in [1.82, 2.24) is 0 Å². The third-order valence-electron chi connectivity index (χ3n) is 4.69. The lowest BCUT2D eigenvalue weighted by atomic mass is 10.1. The molecule has 10 heteroatoms. The minimum Gasteiger partial charge on any atom is -0.460 e. The van der Waals surface area contributed by atoms with Crippen molar-refractivity contribution < 1.29 is 44.7 Å². The Kier molecular flexibility index (Phi) is 5.33. The molecule has 0 N–H and O–H groups in total. The van der Waals surface area contributed by atoms with Crippen molar-refractivity contribution in [3.8, 4) is 0 Å². The molecule has 150 valence electrons. The Hall–Kier alpha value is -2.13. The number of carbonyl (C=O) groups excluding carboxylic acids is 1. The Morgan fingerprint density at radius 2 is 1.56 bits per heavy atom. The number of carbonyl (C=O) groups is 1. The molecule has 1 aromatic carbocycles. The quantitative estimate of drug-likeness (QED) is 0.389. The number of rotatable bonds is 4. The lowest BCUT2D eigenvalue weighted by molar-refractivity contribution is -0.147. The maximum absolute atomic E-state index is 13.7. The lowest BCUT2D eigenvalue weighted by Gasteiger charge is -2.10. The zero-order valence-electron chi connectivity index (χ0n) is 14.3. The molecule has 0 spiro atoms. The van der Waals surface area contributed by atoms with Crippen molar-refractivity contribution in [2.45, 2.75) is 33.6 Å². The standard InChI is InChI=1S/C17H14F8O2/c1-6-11(19)13(21)7(14(22)12(6)20)5-27-15(26)10-8(16(10,2)3)4-9(18)17(23,24)25/h4,8,10H,5H2,1-3H3. The van der Waals surface area contributed by atoms with Gasteiger partial charge in [-0.25, -0.2) is 22.0 Å². The monoisotopic (exact) mass is 402 g/mol. The number of hydrogen-bond acceptors (Lipinski definition) is 2. The van der Waals surface area contributed by atoms with Gasteiger partial charge in [0.1, 0.15) is 6.61 Å². The Morgan fingerprint density at radius 1 is 1.07 bits per heavy atom. The summed E-state index contributed by atoms with van der Waals surface area (Å²) < 4.78 is 109. The molecule has 1 aromatic rings. The largest absolute Gasteiger partial charge is 0.460 e. The summed E-state index contributed by atoms with van der Waals surface area (Å²) in [5.41, 5.74) is -3.16. The summed E-state index contributed by atoms with van der Waals surface area (Å²) in [5.74, 6) is -12.7. The molecule has 2 atom stereocenters. The molecule has 0 heterocycles. The molecular weight excluding hydrogens is 388 g/mol. The number of esters is 1. The van der Waals surface area contributed by atoms with Crippen LogP contribution >= 0.6 is 0 Å². The number of alkyl halides is 3. The average Bonchev–Trinajstić information content (AvgIpc) is 3.10. The fourth-order valence-corrected chi connectivity index (χ4v) is 2.84. The molecule has 1 fully saturated rings. The molecule has 0 amide bonds. The van der Waals surface area contributed by atoms with Gasteiger partial charge in [0.15, 0.2) is 29.1 Å². The zero-order chi connectivity index (χ0) is 20.9. The van der Waals surface area contributed by atoms with E-state index in [1.54, 1.807) is 0 Å². The summed E-state index contributed by atoms with van der Waals surface area (Å²) in [6.45, 7) is 2.38. The number of ether oxygens (including phenoxy) is 1. The SMILES string of the molecule is Cc1c(F)c(F)c(COC(=O)C2C(C=C(F)C(F)(F)F)C2(C)C)c(F)c1F. The lowest BCUT2D eigenvalue weighted by Crippen LogP contribution is -2.14. The highest BCUT2D eigenvalue weighted by molar-refractivity contribution is 5.78. The van der Waals surface area contributed by atoms with E-state index < -0.39 is 76.2 Å². The van der Waals surface area contributed by atoms with Crippen molar-refractivity contribution in [3.05, 3.63) is 46.3 Å². The molecule has 1 saturated carbocycles. The van der Waals surface area contributed by atoms with Crippen LogP contribution in [0.25, 0.3) is 0 Å². The van der Waals surface area contributed by atoms with Gasteiger partial charge in [-0.1, -0.05) is 13.8 Å². The minimum atomic E-state index is -5.21. The molecule has 0 aliphatic heterocycles. The average molecular weight is 402 g/mol. The second kappa shape index (κ2) is 6.79. The number of halogens is 8. The van der Waals surface area contributed by atoms with Crippen molar-refractivity contribution >= 4 is 5.97 Å². The first-order valence-corrected chi connectivity index (χ1v) is 7.63. The van der Waals surface area contributed by atoms with Crippen molar-refractivity contribution in [2.24, 2.45) is 17.3 Å². The molecule has 27 heavy (non-hydrogen) atoms. The van der Waals surface area contributed by atoms with Crippen LogP contribution in [0, 0.1) is 47.4 Å². The van der Waals surface area contributed by atoms with E-state index in [1.807, 2.05) is 0 Å². The van der Waals surface area contributed by atoms with Crippen LogP contribution in [0.1, 0.15) is 25.0 Å². The normalized spacial score (nSPS) is 22.0. The van der Waals surface area contributed by atoms with Crippen LogP contribution in [-0.4, -0.2) is 12.1 Å². The number of benzene rings is 1. The minimum absolute atomic E-state index is 0.234. The Morgan fingerprint density at radius 3 is 2.00 bits per heavy atom. The summed E-state index contributed by atoms with van der Waals surface area (Å²) in [5, 5.41) is 0. The Balaban J connectivity index is 2.16. The van der Waals surface area contributed by atoms with Gasteiger partial charge in [0, 0.05) is 5.56 Å². The second-order valence-corrected chi connectivity index (χ2v) is 6.80. The first-order chi connectivity index (χ1) is 12.2. The maximum Gasteiger partial charge on any atom is 0.442 e. The summed E-state index contributed by atoms with van der Waals surface area (Å²) in [6.07, 6.45) is -4.98. The van der Waals surface area contributed by atoms with E-state index in [9.17, 15) is 39.9 Å². The maximum atomic E-state index is 13.7. The highest BCUT2D eigenvalue weighted by Gasteiger charge is 2.62. The van der Waals surface area contributed by atoms with E-state index >= 15 is 0 Å². The molecule has 0 bridgehead atoms. The Bertz CT molecular complexity index is 781. The second-order valence-electron chi connectivity index (χ2n) is 6.80. The van der Waals surface area contributed by atoms with Crippen LogP contribution < -0.4 is 0 Å². The molecule has 2 unspecified atom stereocenters. The summed E-state index contributed by atoms with van der Waals surface area (Å²) in [4.78, 5) is 12.0. The van der Waals surface area contributed by atoms with Crippen molar-refractivity contribution in [2.75, 3.05) is 0 Å². The Labute approximate surface area is 148 Å². The van der Waals surface area contributed by atoms with Gasteiger partial charge in [0.25, 0.3) is 0 Å². The molecule has 0 saturated heterocycles. The van der Waals surface area contributed by atoms with E-state index in [0.29, 0.717) is 0 Å². The van der Waals surface area contributed by atoms with E-state index in [0.717, 1.165) is 6.92 Å². The molecular formula is C17H14F8O2. The van der Waals surface area contributed by atoms with Gasteiger partial charge >= 0.3 is 12.1 Å². The van der Waals surface area contributed by atoms with Crippen LogP contribution in [0.15, 0.2) is 11.9 Å². The number of allylic oxidation sites excluding steroid dienone is 2. The summed E-state index contributed by atoms with van der Waals surface area (Å²) in [7, 11) is 0. The van der Waals surface area contributed by atoms with Gasteiger partial charge in [-0.3, -0.25) is 4.79 Å². The first kappa shape index (κ1) is 21.2. The van der Waals surface area contributed by atoms with Crippen LogP contribution in [0.3, 0.4) is 0 Å². The summed E-state index contributed by atoms with van der Waals surface area (Å²) >= 11 is 0. The van der Waals surface area contributed by atoms with E-state index in [1.165, 1.54) is 13.8 Å². The fourth-order valence-electron chi connectivity index (χ4n) is 2.84. The van der Waals surface area contributed by atoms with Gasteiger partial charge in [-0.2, -0.15) is 13.2 Å². The molecule has 0 aromatic heterocycles. The summed E-state index contributed by atoms with van der Waals surface area (Å²) in [6, 6.07) is 0. The highest BCUT2D eigenvalue weighted by Crippen LogP contribution is 2.60. The van der Waals surface area contributed by atoms with Crippen LogP contribution in [0.2, 0.25) is 0 Å². The molecule has 0 radical (unpaired) electrons. The van der Waals surface area contributed by atoms with Gasteiger partial charge in [-0.15, -0.1) is 0 Å². The zero-order valence-corrected chi connectivity index (χ0v) is 14.3. The third-order valence-corrected chi connectivity index (χ3v) is 4.69. The first-order valence-electron chi connectivity index (χ1n) is 7.63. The highest BCUT2D eigenvalue weighted by atomic mass is 19.4. The third kappa shape index (κ3) is 3.79. The van der Waals surface area contributed by atoms with Gasteiger partial charge in [0.05, 0.1) is 11.5 Å². The van der Waals surface area contributed by atoms with Crippen LogP contribution in [0.4, 0.5) is 35.1 Å². The molecule has 1 aliphatic rings. The van der Waals surface area contributed by atoms with Crippen LogP contribution in [-0.2, 0) is 16.1 Å². The predicted octanol–water partition coefficient (Wildman–Crippen LogP) is 5.28. The van der Waals surface area contributed by atoms with Crippen molar-refractivity contribution in [1.29, 1.82) is 0 Å². The van der Waals surface area contributed by atoms with Gasteiger partial charge < -0.3 is 4.74 Å². The van der Waals surface area contributed by atoms with Crippen molar-refractivity contribution in [3.63, 3.8) is 0 Å². The predicted molar refractivity (Wildman–Crippen MR) is 76.8 cm³/mol.